The highest BCUT2D eigenvalue weighted by molar-refractivity contribution is 5.51. The van der Waals surface area contributed by atoms with E-state index in [1.54, 1.807) is 6.07 Å². The summed E-state index contributed by atoms with van der Waals surface area (Å²) in [6.45, 7) is 0. The molecule has 0 aromatic carbocycles. The van der Waals surface area contributed by atoms with Gasteiger partial charge in [-0.05, 0) is 0 Å². The molecule has 14 heavy (non-hydrogen) atoms. The van der Waals surface area contributed by atoms with Gasteiger partial charge in [0.1, 0.15) is 5.69 Å². The fourth-order valence-corrected chi connectivity index (χ4v) is 0.887. The quantitative estimate of drug-likeness (QED) is 0.798. The average Bonchev–Trinajstić information content (AvgIpc) is 2.52. The standard InChI is InChI=1S/C8H6F3N3/c9-8(10,11)7-6(5-13-14-7)3-1-2-4-12/h1,3,5H,2H2,(H,13,14). The lowest BCUT2D eigenvalue weighted by Gasteiger charge is -2.03. The van der Waals surface area contributed by atoms with E-state index in [4.69, 9.17) is 5.26 Å². The van der Waals surface area contributed by atoms with Crippen LogP contribution in [0.25, 0.3) is 6.08 Å². The molecule has 1 N–H and O–H groups in total. The zero-order valence-corrected chi connectivity index (χ0v) is 6.97. The maximum atomic E-state index is 12.2. The van der Waals surface area contributed by atoms with Gasteiger partial charge in [-0.25, -0.2) is 0 Å². The number of H-pyrrole nitrogens is 1. The summed E-state index contributed by atoms with van der Waals surface area (Å²) in [5.41, 5.74) is -0.959. The van der Waals surface area contributed by atoms with Crippen LogP contribution in [-0.2, 0) is 6.18 Å². The van der Waals surface area contributed by atoms with Gasteiger partial charge in [-0.3, -0.25) is 5.10 Å². The van der Waals surface area contributed by atoms with Gasteiger partial charge in [-0.1, -0.05) is 12.2 Å². The molecule has 0 radical (unpaired) electrons. The highest BCUT2D eigenvalue weighted by atomic mass is 19.4. The molecule has 0 bridgehead atoms. The van der Waals surface area contributed by atoms with Crippen LogP contribution in [0.15, 0.2) is 12.3 Å². The van der Waals surface area contributed by atoms with Crippen LogP contribution in [0.1, 0.15) is 17.7 Å². The number of aromatic nitrogens is 2. The van der Waals surface area contributed by atoms with Crippen LogP contribution in [0, 0.1) is 11.3 Å². The Bertz CT molecular complexity index is 370. The van der Waals surface area contributed by atoms with Crippen LogP contribution < -0.4 is 0 Å². The van der Waals surface area contributed by atoms with Crippen molar-refractivity contribution in [1.29, 1.82) is 5.26 Å². The molecule has 0 saturated heterocycles. The lowest BCUT2D eigenvalue weighted by atomic mass is 10.2. The van der Waals surface area contributed by atoms with E-state index < -0.39 is 11.9 Å². The summed E-state index contributed by atoms with van der Waals surface area (Å²) >= 11 is 0. The first-order valence-corrected chi connectivity index (χ1v) is 3.69. The summed E-state index contributed by atoms with van der Waals surface area (Å²) in [5, 5.41) is 13.3. The molecule has 1 heterocycles. The van der Waals surface area contributed by atoms with E-state index in [9.17, 15) is 13.2 Å². The van der Waals surface area contributed by atoms with Gasteiger partial charge in [0.25, 0.3) is 0 Å². The minimum absolute atomic E-state index is 0.0623. The van der Waals surface area contributed by atoms with E-state index >= 15 is 0 Å². The Balaban J connectivity index is 2.90. The van der Waals surface area contributed by atoms with Gasteiger partial charge in [-0.2, -0.15) is 23.5 Å². The molecule has 0 amide bonds. The van der Waals surface area contributed by atoms with Crippen molar-refractivity contribution in [3.8, 4) is 6.07 Å². The Labute approximate surface area is 77.9 Å². The highest BCUT2D eigenvalue weighted by Gasteiger charge is 2.34. The molecule has 0 aliphatic heterocycles. The van der Waals surface area contributed by atoms with Crippen LogP contribution >= 0.6 is 0 Å². The number of alkyl halides is 3. The van der Waals surface area contributed by atoms with E-state index in [0.29, 0.717) is 0 Å². The number of nitrogens with zero attached hydrogens (tertiary/aromatic N) is 2. The zero-order valence-electron chi connectivity index (χ0n) is 6.97. The first-order chi connectivity index (χ1) is 6.55. The van der Waals surface area contributed by atoms with Crippen LogP contribution in [0.2, 0.25) is 0 Å². The molecule has 0 saturated carbocycles. The van der Waals surface area contributed by atoms with Gasteiger partial charge in [0, 0.05) is 5.56 Å². The third kappa shape index (κ3) is 2.36. The molecule has 0 fully saturated rings. The van der Waals surface area contributed by atoms with Gasteiger partial charge in [-0.15, -0.1) is 0 Å². The molecule has 0 aliphatic carbocycles. The van der Waals surface area contributed by atoms with E-state index in [1.165, 1.54) is 12.2 Å². The fourth-order valence-electron chi connectivity index (χ4n) is 0.887. The molecule has 0 atom stereocenters. The van der Waals surface area contributed by atoms with Gasteiger partial charge in [0.15, 0.2) is 0 Å². The van der Waals surface area contributed by atoms with Crippen LogP contribution in [0.3, 0.4) is 0 Å². The molecule has 0 aliphatic rings. The first-order valence-electron chi connectivity index (χ1n) is 3.69. The number of allylic oxidation sites excluding steroid dienone is 1. The van der Waals surface area contributed by atoms with Crippen molar-refractivity contribution in [2.45, 2.75) is 12.6 Å². The molecule has 0 spiro atoms. The molecule has 6 heteroatoms. The van der Waals surface area contributed by atoms with E-state index in [-0.39, 0.29) is 12.0 Å². The molecular weight excluding hydrogens is 195 g/mol. The van der Waals surface area contributed by atoms with E-state index in [2.05, 4.69) is 5.10 Å². The Hall–Kier alpha value is -1.77. The topological polar surface area (TPSA) is 52.5 Å². The SMILES string of the molecule is N#CCC=Cc1cn[nH]c1C(F)(F)F. The third-order valence-electron chi connectivity index (χ3n) is 1.46. The third-order valence-corrected chi connectivity index (χ3v) is 1.46. The van der Waals surface area contributed by atoms with Crippen molar-refractivity contribution in [2.24, 2.45) is 0 Å². The second kappa shape index (κ2) is 3.96. The molecule has 0 unspecified atom stereocenters. The first kappa shape index (κ1) is 10.3. The monoisotopic (exact) mass is 201 g/mol. The lowest BCUT2D eigenvalue weighted by Crippen LogP contribution is -2.07. The number of aromatic amines is 1. The number of hydrogen-bond donors (Lipinski definition) is 1. The van der Waals surface area contributed by atoms with Gasteiger partial charge in [0.2, 0.25) is 0 Å². The summed E-state index contributed by atoms with van der Waals surface area (Å²) in [4.78, 5) is 0. The Morgan fingerprint density at radius 3 is 2.86 bits per heavy atom. The largest absolute Gasteiger partial charge is 0.433 e. The summed E-state index contributed by atoms with van der Waals surface area (Å²) in [6, 6.07) is 1.79. The van der Waals surface area contributed by atoms with E-state index in [0.717, 1.165) is 6.20 Å². The maximum absolute atomic E-state index is 12.2. The molecule has 74 valence electrons. The Kier molecular flexibility index (Phi) is 2.92. The van der Waals surface area contributed by atoms with Crippen molar-refractivity contribution in [1.82, 2.24) is 10.2 Å². The normalized spacial score (nSPS) is 11.9. The second-order valence-electron chi connectivity index (χ2n) is 2.46. The van der Waals surface area contributed by atoms with Crippen molar-refractivity contribution < 1.29 is 13.2 Å². The molecular formula is C8H6F3N3. The summed E-state index contributed by atoms with van der Waals surface area (Å²) in [7, 11) is 0. The predicted molar refractivity (Wildman–Crippen MR) is 42.9 cm³/mol. The fraction of sp³-hybridized carbons (Fsp3) is 0.250. The second-order valence-corrected chi connectivity index (χ2v) is 2.46. The van der Waals surface area contributed by atoms with Gasteiger partial charge >= 0.3 is 6.18 Å². The van der Waals surface area contributed by atoms with Crippen molar-refractivity contribution >= 4 is 6.08 Å². The smallest absolute Gasteiger partial charge is 0.273 e. The summed E-state index contributed by atoms with van der Waals surface area (Å²) in [6.07, 6.45) is -0.738. The maximum Gasteiger partial charge on any atom is 0.433 e. The van der Waals surface area contributed by atoms with Crippen LogP contribution in [-0.4, -0.2) is 10.2 Å². The van der Waals surface area contributed by atoms with Crippen molar-refractivity contribution in [3.63, 3.8) is 0 Å². The van der Waals surface area contributed by atoms with Crippen LogP contribution in [0.5, 0.6) is 0 Å². The summed E-state index contributed by atoms with van der Waals surface area (Å²) < 4.78 is 36.7. The number of nitriles is 1. The Morgan fingerprint density at radius 1 is 1.57 bits per heavy atom. The molecule has 3 nitrogen and oxygen atoms in total. The van der Waals surface area contributed by atoms with Crippen molar-refractivity contribution in [2.75, 3.05) is 0 Å². The Morgan fingerprint density at radius 2 is 2.29 bits per heavy atom. The zero-order chi connectivity index (χ0) is 10.6. The molecule has 1 aromatic heterocycles. The molecule has 1 aromatic rings. The average molecular weight is 201 g/mol. The van der Waals surface area contributed by atoms with Crippen LogP contribution in [0.4, 0.5) is 13.2 Å². The minimum Gasteiger partial charge on any atom is -0.273 e. The highest BCUT2D eigenvalue weighted by Crippen LogP contribution is 2.30. The minimum atomic E-state index is -4.44. The van der Waals surface area contributed by atoms with E-state index in [1.807, 2.05) is 5.10 Å². The number of halogens is 3. The predicted octanol–water partition coefficient (Wildman–Crippen LogP) is 2.36. The number of nitrogens with one attached hydrogen (secondary N) is 1. The van der Waals surface area contributed by atoms with Gasteiger partial charge in [0.05, 0.1) is 18.7 Å². The van der Waals surface area contributed by atoms with Crippen molar-refractivity contribution in [3.05, 3.63) is 23.5 Å². The number of rotatable bonds is 2. The molecule has 1 rings (SSSR count). The lowest BCUT2D eigenvalue weighted by molar-refractivity contribution is -0.141. The van der Waals surface area contributed by atoms with Gasteiger partial charge < -0.3 is 0 Å². The number of hydrogen-bond acceptors (Lipinski definition) is 2. The summed E-state index contributed by atoms with van der Waals surface area (Å²) in [5.74, 6) is 0.